The Bertz CT molecular complexity index is 3490. The summed E-state index contributed by atoms with van der Waals surface area (Å²) in [5.41, 5.74) is 8.91. The average molecular weight is 1520 g/mol. The predicted molar refractivity (Wildman–Crippen MR) is 418 cm³/mol. The first-order valence-corrected chi connectivity index (χ1v) is 39.3. The number of nitrogens with one attached hydrogen (secondary N) is 6. The number of primary amides is 1. The van der Waals surface area contributed by atoms with Gasteiger partial charge in [-0.25, -0.2) is 9.59 Å². The molecule has 3 aromatic carbocycles. The third kappa shape index (κ3) is 25.8. The van der Waals surface area contributed by atoms with Gasteiger partial charge in [0.25, 0.3) is 0 Å². The van der Waals surface area contributed by atoms with Crippen molar-refractivity contribution < 1.29 is 67.0 Å². The minimum Gasteiger partial charge on any atom is -0.444 e. The molecule has 27 nitrogen and oxygen atoms in total. The van der Waals surface area contributed by atoms with E-state index in [0.717, 1.165) is 23.4 Å². The molecule has 0 radical (unpaired) electrons. The number of carbonyl (C=O) groups excluding carboxylic acids is 11. The molecule has 3 aliphatic rings. The van der Waals surface area contributed by atoms with Gasteiger partial charge in [-0.1, -0.05) is 137 Å². The van der Waals surface area contributed by atoms with Crippen molar-refractivity contribution in [2.75, 3.05) is 77.6 Å². The molecule has 108 heavy (non-hydrogen) atoms. The second kappa shape index (κ2) is 43.6. The van der Waals surface area contributed by atoms with Crippen LogP contribution in [0, 0.1) is 35.5 Å². The topological polar surface area (TPSA) is 333 Å². The lowest BCUT2D eigenvalue weighted by atomic mass is 9.89. The van der Waals surface area contributed by atoms with Crippen LogP contribution < -0.4 is 42.5 Å². The molecule has 0 spiro atoms. The minimum absolute atomic E-state index is 0.0170. The maximum absolute atomic E-state index is 14.9. The average Bonchev–Trinajstić information content (AvgIpc) is 1.43. The third-order valence-electron chi connectivity index (χ3n) is 21.0. The zero-order chi connectivity index (χ0) is 79.5. The monoisotopic (exact) mass is 1520 g/mol. The van der Waals surface area contributed by atoms with Crippen LogP contribution in [-0.4, -0.2) is 212 Å². The van der Waals surface area contributed by atoms with Gasteiger partial charge in [0.15, 0.2) is 0 Å². The lowest BCUT2D eigenvalue weighted by Crippen LogP contribution is -2.60. The van der Waals surface area contributed by atoms with Gasteiger partial charge < -0.3 is 66.5 Å². The first-order valence-electron chi connectivity index (χ1n) is 38.3. The fourth-order valence-electron chi connectivity index (χ4n) is 14.4. The van der Waals surface area contributed by atoms with Crippen molar-refractivity contribution in [1.29, 1.82) is 0 Å². The summed E-state index contributed by atoms with van der Waals surface area (Å²) in [6.45, 7) is 20.3. The predicted octanol–water partition coefficient (Wildman–Crippen LogP) is 8.15. The molecule has 0 saturated carbocycles. The summed E-state index contributed by atoms with van der Waals surface area (Å²) in [4.78, 5) is 158. The Labute approximate surface area is 643 Å². The van der Waals surface area contributed by atoms with Crippen LogP contribution in [0.4, 0.5) is 21.0 Å². The van der Waals surface area contributed by atoms with E-state index in [9.17, 15) is 52.7 Å². The van der Waals surface area contributed by atoms with E-state index in [4.69, 9.17) is 19.9 Å². The summed E-state index contributed by atoms with van der Waals surface area (Å²) in [6.07, 6.45) is 5.40. The number of urea groups is 1. The number of nitrogens with two attached hydrogens (primary N) is 1. The van der Waals surface area contributed by atoms with Crippen LogP contribution in [0.15, 0.2) is 90.5 Å². The molecule has 12 amide bonds. The molecule has 2 unspecified atom stereocenters. The van der Waals surface area contributed by atoms with E-state index in [1.54, 1.807) is 90.0 Å². The highest BCUT2D eigenvalue weighted by molar-refractivity contribution is 8.02. The quantitative estimate of drug-likeness (QED) is 0.0207. The number of likely N-dealkylation sites (tertiary alicyclic amines) is 2. The fourth-order valence-corrected chi connectivity index (χ4v) is 15.2. The molecule has 3 aromatic rings. The molecule has 2 saturated heterocycles. The molecule has 0 aliphatic carbocycles. The molecule has 0 aromatic heterocycles. The highest BCUT2D eigenvalue weighted by Crippen LogP contribution is 2.31. The van der Waals surface area contributed by atoms with Gasteiger partial charge in [-0.2, -0.15) is 0 Å². The van der Waals surface area contributed by atoms with Crippen molar-refractivity contribution in [3.05, 3.63) is 107 Å². The van der Waals surface area contributed by atoms with E-state index in [0.29, 0.717) is 81.5 Å². The van der Waals surface area contributed by atoms with E-state index in [1.807, 2.05) is 119 Å². The number of ether oxygens (including phenoxy) is 3. The van der Waals surface area contributed by atoms with Crippen LogP contribution in [0.25, 0.3) is 0 Å². The summed E-state index contributed by atoms with van der Waals surface area (Å²) in [5, 5.41) is 19.4. The van der Waals surface area contributed by atoms with Crippen LogP contribution in [0.2, 0.25) is 0 Å². The number of benzene rings is 3. The van der Waals surface area contributed by atoms with Crippen molar-refractivity contribution >= 4 is 88.4 Å². The summed E-state index contributed by atoms with van der Waals surface area (Å²) < 4.78 is 18.0. The summed E-state index contributed by atoms with van der Waals surface area (Å²) >= 11 is 1.67. The van der Waals surface area contributed by atoms with Crippen molar-refractivity contribution in [2.45, 2.75) is 214 Å². The fraction of sp³-hybridized carbons (Fsp3) is 0.613. The molecule has 12 atom stereocenters. The molecular weight excluding hydrogens is 1400 g/mol. The van der Waals surface area contributed by atoms with Crippen molar-refractivity contribution in [1.82, 2.24) is 51.1 Å². The van der Waals surface area contributed by atoms with Crippen molar-refractivity contribution in [3.8, 4) is 0 Å². The number of rotatable bonds is 43. The Morgan fingerprint density at radius 1 is 0.722 bits per heavy atom. The Morgan fingerprint density at radius 3 is 1.99 bits per heavy atom. The number of likely N-dealkylation sites (N-methyl/N-ethyl adjacent to an activating group) is 2. The lowest BCUT2D eigenvalue weighted by molar-refractivity contribution is -0.148. The normalized spacial score (nSPS) is 17.9. The van der Waals surface area contributed by atoms with Crippen LogP contribution in [0.3, 0.4) is 0 Å². The third-order valence-corrected chi connectivity index (χ3v) is 21.7. The number of nitrogens with zero attached hydrogens (tertiary/aromatic N) is 6. The van der Waals surface area contributed by atoms with Gasteiger partial charge in [0.1, 0.15) is 30.9 Å². The number of unbranched alkanes of at least 4 members (excludes halogenated alkanes) is 2. The number of methoxy groups -OCH3 is 2. The standard InChI is InChI=1S/C80H121N13O14S/c1-16-53(8)71(63(105-14)47-67(96)92-41-24-28-62(92)72(106-15)55(10)73(97)85-64(91-43-44-108-49-91)46-57-25-19-17-20-26-57)90(13)78(102)69(51(4)5)87-76(100)70(52(6)7)88(11)42-38-56-32-36-60(37-33-56)89(12)80(104)107-48-58-30-34-59(35-31-58)83-74(98)61(27-23-39-82-79(81)103)84-75(99)68(50(2)3)86-65(94)29-21-18-22-40-93-66(95)45-54(9)77(93)101/h17,19-20,25-26,30-37,43-44,50-55,61-64,68-72H,16,18,21-24,27-29,38-42,45-49H2,1-15H3,(H,83,98)(H,84,99)(H,85,97)(H,86,94)(H,87,100)(H3,81,82,103)/t53-,54?,55+,61-,62-,63+,64?,68-,69-,70-,71-,72+/m0/s1. The zero-order valence-electron chi connectivity index (χ0n) is 66.1. The number of carbonyl (C=O) groups is 11. The number of hydrogen-bond donors (Lipinski definition) is 7. The SMILES string of the molecule is CC[C@H](C)[C@@H]([C@@H](CC(=O)N1CCC[C@H]1[C@H](OC)[C@@H](C)C(=O)NC(Cc1ccccc1)N1C=CSC1)OC)N(C)C(=O)[C@@H](NC(=O)[C@H](C(C)C)N(C)CCc1ccc(N(C)C(=O)OCc2ccc(NC(=O)[C@H](CCCNC(N)=O)NC(=O)[C@@H](NC(=O)CCCCCN3C(=O)CC(C)C3=O)C(C)C)cc2)cc1)C(C)C. The highest BCUT2D eigenvalue weighted by atomic mass is 32.2. The number of hydrogen-bond acceptors (Lipinski definition) is 17. The lowest BCUT2D eigenvalue weighted by Gasteiger charge is -2.41. The van der Waals surface area contributed by atoms with Gasteiger partial charge in [0.2, 0.25) is 53.2 Å². The largest absolute Gasteiger partial charge is 0.444 e. The molecule has 3 heterocycles. The summed E-state index contributed by atoms with van der Waals surface area (Å²) in [6, 6.07) is 18.9. The molecule has 28 heteroatoms. The van der Waals surface area contributed by atoms with E-state index in [2.05, 4.69) is 48.9 Å². The Morgan fingerprint density at radius 2 is 1.40 bits per heavy atom. The van der Waals surface area contributed by atoms with Crippen LogP contribution in [0.1, 0.15) is 157 Å². The first-order chi connectivity index (χ1) is 51.4. The molecule has 8 N–H and O–H groups in total. The highest BCUT2D eigenvalue weighted by Gasteiger charge is 2.44. The van der Waals surface area contributed by atoms with Gasteiger partial charge in [-0.3, -0.25) is 57.9 Å². The molecule has 596 valence electrons. The molecule has 0 bridgehead atoms. The molecule has 3 aliphatic heterocycles. The molecule has 6 rings (SSSR count). The second-order valence-electron chi connectivity index (χ2n) is 30.1. The van der Waals surface area contributed by atoms with Gasteiger partial charge in [-0.15, -0.1) is 11.8 Å². The summed E-state index contributed by atoms with van der Waals surface area (Å²) in [5.74, 6) is -3.84. The Hall–Kier alpha value is -8.60. The van der Waals surface area contributed by atoms with Crippen LogP contribution in [-0.2, 0) is 76.8 Å². The second-order valence-corrected chi connectivity index (χ2v) is 31.0. The summed E-state index contributed by atoms with van der Waals surface area (Å²) in [7, 11) is 8.36. The number of amides is 12. The first kappa shape index (κ1) is 88.3. The van der Waals surface area contributed by atoms with Gasteiger partial charge in [-0.05, 0) is 122 Å². The van der Waals surface area contributed by atoms with E-state index >= 15 is 0 Å². The minimum atomic E-state index is -1.07. The molecular formula is C80H121N13O14S. The number of thioether (sulfide) groups is 1. The van der Waals surface area contributed by atoms with Crippen LogP contribution >= 0.6 is 11.8 Å². The smallest absolute Gasteiger partial charge is 0.414 e. The van der Waals surface area contributed by atoms with E-state index in [-0.39, 0.29) is 128 Å². The Kier molecular flexibility index (Phi) is 35.6. The van der Waals surface area contributed by atoms with Crippen LogP contribution in [0.5, 0.6) is 0 Å². The zero-order valence-corrected chi connectivity index (χ0v) is 67.0. The number of anilines is 2. The van der Waals surface area contributed by atoms with Gasteiger partial charge >= 0.3 is 12.1 Å². The van der Waals surface area contributed by atoms with Gasteiger partial charge in [0, 0.05) is 97.2 Å². The van der Waals surface area contributed by atoms with E-state index in [1.165, 1.54) is 9.80 Å². The Balaban J connectivity index is 0.986. The maximum Gasteiger partial charge on any atom is 0.414 e. The maximum atomic E-state index is 14.9. The van der Waals surface area contributed by atoms with Crippen molar-refractivity contribution in [2.24, 2.45) is 41.2 Å². The van der Waals surface area contributed by atoms with E-state index < -0.39 is 72.3 Å². The number of imide groups is 1. The molecule has 2 fully saturated rings. The van der Waals surface area contributed by atoms with Gasteiger partial charge in [0.05, 0.1) is 48.5 Å². The van der Waals surface area contributed by atoms with Crippen molar-refractivity contribution in [3.63, 3.8) is 0 Å².